The first-order valence-corrected chi connectivity index (χ1v) is 17.6. The lowest BCUT2D eigenvalue weighted by atomic mass is 9.49. The molecule has 0 unspecified atom stereocenters. The fourth-order valence-corrected chi connectivity index (χ4v) is 9.16. The van der Waals surface area contributed by atoms with Crippen LogP contribution in [0.25, 0.3) is 10.8 Å². The third kappa shape index (κ3) is 8.40. The zero-order valence-electron chi connectivity index (χ0n) is 27.5. The summed E-state index contributed by atoms with van der Waals surface area (Å²) in [6.07, 6.45) is 10.4. The van der Waals surface area contributed by atoms with Crippen molar-refractivity contribution in [3.63, 3.8) is 0 Å². The minimum atomic E-state index is -0.661. The molecule has 0 aliphatic heterocycles. The van der Waals surface area contributed by atoms with Gasteiger partial charge in [-0.1, -0.05) is 73.2 Å². The van der Waals surface area contributed by atoms with Gasteiger partial charge in [0.15, 0.2) is 0 Å². The molecule has 2 atom stereocenters. The number of carbonyl (C=O) groups is 3. The predicted octanol–water partition coefficient (Wildman–Crippen LogP) is 5.40. The Morgan fingerprint density at radius 1 is 0.851 bits per heavy atom. The minimum absolute atomic E-state index is 0.000394. The number of anilines is 1. The summed E-state index contributed by atoms with van der Waals surface area (Å²) in [6, 6.07) is 22.7. The number of unbranched alkanes of at least 4 members (excludes halogenated alkanes) is 1. The number of hydrogen-bond acceptors (Lipinski definition) is 5. The second-order valence-corrected chi connectivity index (χ2v) is 14.7. The smallest absolute Gasteiger partial charge is 0.244 e. The number of fused-ring (bicyclic) bond motifs is 1. The van der Waals surface area contributed by atoms with Gasteiger partial charge in [0.1, 0.15) is 0 Å². The van der Waals surface area contributed by atoms with Crippen LogP contribution in [0.15, 0.2) is 72.8 Å². The molecule has 47 heavy (non-hydrogen) atoms. The third-order valence-electron chi connectivity index (χ3n) is 10.9. The van der Waals surface area contributed by atoms with Crippen LogP contribution in [0.3, 0.4) is 0 Å². The highest BCUT2D eigenvalue weighted by molar-refractivity contribution is 6.03. The molecular weight excluding hydrogens is 586 g/mol. The minimum Gasteiger partial charge on any atom is -0.350 e. The maximum absolute atomic E-state index is 14.4. The van der Waals surface area contributed by atoms with Crippen molar-refractivity contribution in [3.05, 3.63) is 78.4 Å². The molecule has 0 aromatic heterocycles. The SMILES string of the molecule is NCCCC[C@H](N)C(=O)N[C@@H](Cc1ccccc1)CN(CC(=O)Nc1cccc2ccccc12)C(=O)C[C@]12CC3C[C@H](C[C@H](C3)C1)C2. The van der Waals surface area contributed by atoms with Crippen molar-refractivity contribution in [1.82, 2.24) is 10.2 Å². The van der Waals surface area contributed by atoms with Gasteiger partial charge in [0.05, 0.1) is 18.6 Å². The normalized spacial score (nSPS) is 24.1. The molecule has 6 N–H and O–H groups in total. The first kappa shape index (κ1) is 33.2. The molecule has 3 aromatic rings. The van der Waals surface area contributed by atoms with Crippen LogP contribution in [0.5, 0.6) is 0 Å². The molecule has 4 bridgehead atoms. The van der Waals surface area contributed by atoms with Gasteiger partial charge in [0.25, 0.3) is 0 Å². The Bertz CT molecular complexity index is 1500. The molecule has 4 aliphatic rings. The van der Waals surface area contributed by atoms with E-state index in [0.29, 0.717) is 25.8 Å². The van der Waals surface area contributed by atoms with Crippen molar-refractivity contribution in [1.29, 1.82) is 0 Å². The number of amides is 3. The van der Waals surface area contributed by atoms with Gasteiger partial charge in [0, 0.05) is 24.0 Å². The van der Waals surface area contributed by atoms with E-state index in [1.54, 1.807) is 4.90 Å². The summed E-state index contributed by atoms with van der Waals surface area (Å²) in [7, 11) is 0. The fraction of sp³-hybridized carbons (Fsp3) is 0.513. The average Bonchev–Trinajstić information content (AvgIpc) is 3.04. The Balaban J connectivity index is 1.22. The molecule has 0 heterocycles. The molecule has 4 aliphatic carbocycles. The van der Waals surface area contributed by atoms with E-state index in [9.17, 15) is 14.4 Å². The van der Waals surface area contributed by atoms with E-state index in [-0.39, 0.29) is 36.2 Å². The molecular formula is C39H51N5O3. The van der Waals surface area contributed by atoms with Crippen molar-refractivity contribution in [3.8, 4) is 0 Å². The molecule has 3 amide bonds. The zero-order valence-corrected chi connectivity index (χ0v) is 27.5. The molecule has 4 saturated carbocycles. The third-order valence-corrected chi connectivity index (χ3v) is 10.9. The summed E-state index contributed by atoms with van der Waals surface area (Å²) >= 11 is 0. The van der Waals surface area contributed by atoms with E-state index < -0.39 is 12.1 Å². The Hall–Kier alpha value is -3.75. The number of nitrogens with zero attached hydrogens (tertiary/aromatic N) is 1. The summed E-state index contributed by atoms with van der Waals surface area (Å²) < 4.78 is 0. The molecule has 3 aromatic carbocycles. The van der Waals surface area contributed by atoms with Crippen LogP contribution in [0.4, 0.5) is 5.69 Å². The highest BCUT2D eigenvalue weighted by Crippen LogP contribution is 2.61. The van der Waals surface area contributed by atoms with Crippen molar-refractivity contribution >= 4 is 34.2 Å². The number of nitrogens with one attached hydrogen (secondary N) is 2. The van der Waals surface area contributed by atoms with Gasteiger partial charge < -0.3 is 27.0 Å². The summed E-state index contributed by atoms with van der Waals surface area (Å²) in [5.41, 5.74) is 13.7. The molecule has 0 radical (unpaired) electrons. The standard InChI is InChI=1S/C39H51N5O3/c40-16-7-6-14-34(41)38(47)42-32(20-27-9-2-1-3-10-27)25-44(26-36(45)43-35-15-8-12-31-11-4-5-13-33(31)35)37(46)24-39-21-28-17-29(22-39)19-30(18-28)23-39/h1-5,8-13,15,28-30,32,34H,6-7,14,16-26,40-41H2,(H,42,47)(H,43,45)/t28-,29+,30?,32-,34-,39-/m0/s1. The lowest BCUT2D eigenvalue weighted by Crippen LogP contribution is -2.54. The topological polar surface area (TPSA) is 131 Å². The zero-order chi connectivity index (χ0) is 32.8. The van der Waals surface area contributed by atoms with E-state index in [4.69, 9.17) is 11.5 Å². The van der Waals surface area contributed by atoms with E-state index in [1.807, 2.05) is 72.8 Å². The van der Waals surface area contributed by atoms with E-state index in [2.05, 4.69) is 10.6 Å². The Morgan fingerprint density at radius 3 is 2.21 bits per heavy atom. The van der Waals surface area contributed by atoms with Crippen molar-refractivity contribution in [2.75, 3.05) is 25.0 Å². The fourth-order valence-electron chi connectivity index (χ4n) is 9.16. The molecule has 0 saturated heterocycles. The Kier molecular flexibility index (Phi) is 10.6. The highest BCUT2D eigenvalue weighted by Gasteiger charge is 2.51. The largest absolute Gasteiger partial charge is 0.350 e. The van der Waals surface area contributed by atoms with Gasteiger partial charge in [-0.3, -0.25) is 14.4 Å². The number of benzene rings is 3. The van der Waals surface area contributed by atoms with Gasteiger partial charge in [-0.15, -0.1) is 0 Å². The molecule has 8 heteroatoms. The lowest BCUT2D eigenvalue weighted by molar-refractivity contribution is -0.142. The molecule has 8 nitrogen and oxygen atoms in total. The Morgan fingerprint density at radius 2 is 1.51 bits per heavy atom. The van der Waals surface area contributed by atoms with Gasteiger partial charge in [-0.25, -0.2) is 0 Å². The maximum atomic E-state index is 14.4. The van der Waals surface area contributed by atoms with Crippen molar-refractivity contribution in [2.24, 2.45) is 34.6 Å². The quantitative estimate of drug-likeness (QED) is 0.166. The summed E-state index contributed by atoms with van der Waals surface area (Å²) in [6.45, 7) is 0.703. The molecule has 0 spiro atoms. The van der Waals surface area contributed by atoms with Crippen LogP contribution in [-0.4, -0.2) is 54.3 Å². The lowest BCUT2D eigenvalue weighted by Gasteiger charge is -2.57. The van der Waals surface area contributed by atoms with Crippen LogP contribution in [0, 0.1) is 23.2 Å². The first-order chi connectivity index (χ1) is 22.8. The molecule has 250 valence electrons. The van der Waals surface area contributed by atoms with Crippen LogP contribution in [0.2, 0.25) is 0 Å². The number of nitrogens with two attached hydrogens (primary N) is 2. The molecule has 7 rings (SSSR count). The summed E-state index contributed by atoms with van der Waals surface area (Å²) in [4.78, 5) is 43.2. The summed E-state index contributed by atoms with van der Waals surface area (Å²) in [5.74, 6) is 1.69. The number of carbonyl (C=O) groups excluding carboxylic acids is 3. The van der Waals surface area contributed by atoms with Crippen LogP contribution in [-0.2, 0) is 20.8 Å². The van der Waals surface area contributed by atoms with Crippen LogP contribution < -0.4 is 22.1 Å². The van der Waals surface area contributed by atoms with E-state index in [0.717, 1.165) is 71.9 Å². The average molecular weight is 638 g/mol. The highest BCUT2D eigenvalue weighted by atomic mass is 16.2. The predicted molar refractivity (Wildman–Crippen MR) is 187 cm³/mol. The van der Waals surface area contributed by atoms with Gasteiger partial charge in [0.2, 0.25) is 17.7 Å². The van der Waals surface area contributed by atoms with Crippen molar-refractivity contribution < 1.29 is 14.4 Å². The van der Waals surface area contributed by atoms with E-state index in [1.165, 1.54) is 19.3 Å². The van der Waals surface area contributed by atoms with Crippen LogP contribution in [0.1, 0.15) is 69.8 Å². The van der Waals surface area contributed by atoms with Gasteiger partial charge >= 0.3 is 0 Å². The van der Waals surface area contributed by atoms with Gasteiger partial charge in [-0.05, 0) is 105 Å². The Labute approximate surface area is 279 Å². The van der Waals surface area contributed by atoms with Gasteiger partial charge in [-0.2, -0.15) is 0 Å². The van der Waals surface area contributed by atoms with Crippen molar-refractivity contribution in [2.45, 2.75) is 82.7 Å². The number of hydrogen-bond donors (Lipinski definition) is 4. The first-order valence-electron chi connectivity index (χ1n) is 17.6. The van der Waals surface area contributed by atoms with Crippen LogP contribution >= 0.6 is 0 Å². The maximum Gasteiger partial charge on any atom is 0.244 e. The monoisotopic (exact) mass is 637 g/mol. The second-order valence-electron chi connectivity index (χ2n) is 14.7. The summed E-state index contributed by atoms with van der Waals surface area (Å²) in [5, 5.41) is 8.24. The molecule has 4 fully saturated rings. The number of rotatable bonds is 15. The van der Waals surface area contributed by atoms with E-state index >= 15 is 0 Å². The second kappa shape index (κ2) is 15.0.